The number of benzene rings is 2. The number of primary amides is 1. The summed E-state index contributed by atoms with van der Waals surface area (Å²) in [6.45, 7) is 2.29. The van der Waals surface area contributed by atoms with Gasteiger partial charge < -0.3 is 30.9 Å². The number of carbonyl (C=O) groups excluding carboxylic acids is 2. The number of anilines is 2. The lowest BCUT2D eigenvalue weighted by molar-refractivity contribution is 0.0997. The van der Waals surface area contributed by atoms with Crippen molar-refractivity contribution in [2.45, 2.75) is 13.0 Å². The third-order valence-electron chi connectivity index (χ3n) is 6.96. The first-order valence-corrected chi connectivity index (χ1v) is 14.7. The second-order valence-electron chi connectivity index (χ2n) is 10.0. The number of pyridine rings is 2. The molecule has 4 amide bonds. The molecule has 12 nitrogen and oxygen atoms in total. The van der Waals surface area contributed by atoms with Gasteiger partial charge in [0, 0.05) is 55.1 Å². The summed E-state index contributed by atoms with van der Waals surface area (Å²) >= 11 is 1.37. The number of halogens is 1. The summed E-state index contributed by atoms with van der Waals surface area (Å²) in [6, 6.07) is 16.2. The summed E-state index contributed by atoms with van der Waals surface area (Å²) in [5.74, 6) is -1.01. The van der Waals surface area contributed by atoms with Crippen LogP contribution < -0.4 is 21.1 Å². The minimum atomic E-state index is -1.05. The van der Waals surface area contributed by atoms with Crippen LogP contribution in [0.5, 0.6) is 11.5 Å². The van der Waals surface area contributed by atoms with E-state index >= 15 is 4.39 Å². The number of carboxylic acid groups (broad SMARTS) is 1. The number of nitrogens with one attached hydrogen (secondary N) is 2. The van der Waals surface area contributed by atoms with Gasteiger partial charge in [0.15, 0.2) is 11.6 Å². The monoisotopic (exact) mass is 644 g/mol. The van der Waals surface area contributed by atoms with Crippen molar-refractivity contribution in [3.8, 4) is 22.1 Å². The first-order valence-electron chi connectivity index (χ1n) is 13.9. The van der Waals surface area contributed by atoms with Crippen LogP contribution in [-0.2, 0) is 4.74 Å². The summed E-state index contributed by atoms with van der Waals surface area (Å²) < 4.78 is 26.7. The molecule has 0 aliphatic heterocycles. The van der Waals surface area contributed by atoms with Crippen LogP contribution in [0.25, 0.3) is 20.8 Å². The van der Waals surface area contributed by atoms with Gasteiger partial charge in [0.05, 0.1) is 33.4 Å². The number of methoxy groups -OCH3 is 1. The predicted molar refractivity (Wildman–Crippen MR) is 172 cm³/mol. The van der Waals surface area contributed by atoms with E-state index in [1.165, 1.54) is 47.6 Å². The highest BCUT2D eigenvalue weighted by Gasteiger charge is 2.21. The Morgan fingerprint density at radius 2 is 1.80 bits per heavy atom. The van der Waals surface area contributed by atoms with Crippen molar-refractivity contribution in [3.63, 3.8) is 0 Å². The first kappa shape index (κ1) is 31.8. The van der Waals surface area contributed by atoms with E-state index in [9.17, 15) is 19.5 Å². The molecule has 0 spiro atoms. The Morgan fingerprint density at radius 1 is 1.02 bits per heavy atom. The van der Waals surface area contributed by atoms with Crippen LogP contribution in [0.15, 0.2) is 79.1 Å². The summed E-state index contributed by atoms with van der Waals surface area (Å²) in [7, 11) is 1.52. The zero-order valence-electron chi connectivity index (χ0n) is 24.7. The van der Waals surface area contributed by atoms with Gasteiger partial charge in [-0.15, -0.1) is 11.3 Å². The Hall–Kier alpha value is -5.60. The molecular formula is C32H29FN6O6S. The van der Waals surface area contributed by atoms with Crippen molar-refractivity contribution in [3.05, 3.63) is 96.1 Å². The average Bonchev–Trinajstić information content (AvgIpc) is 3.48. The van der Waals surface area contributed by atoms with E-state index in [1.807, 2.05) is 18.2 Å². The van der Waals surface area contributed by atoms with Gasteiger partial charge in [-0.25, -0.2) is 14.0 Å². The molecule has 0 bridgehead atoms. The lowest BCUT2D eigenvalue weighted by atomic mass is 10.1. The van der Waals surface area contributed by atoms with Crippen molar-refractivity contribution < 1.29 is 33.4 Å². The number of amides is 4. The van der Waals surface area contributed by atoms with Gasteiger partial charge in [-0.1, -0.05) is 12.1 Å². The second-order valence-corrected chi connectivity index (χ2v) is 11.1. The standard InChI is InChI=1S/C32H29FN6O6S/c1-18(39(32(42)43)12-13-44-2)20-6-8-24(36-17-20)28-16-25-29(46-28)27(10-11-35-25)45-26-9-7-22(15-23(26)33)38-31(41)37-21-5-3-4-19(14-21)30(34)40/h3-11,14-18H,12-13H2,1-2H3,(H2,34,40)(H,42,43)(H2,37,38,41). The molecule has 1 atom stereocenters. The molecule has 3 heterocycles. The number of aromatic nitrogens is 2. The smallest absolute Gasteiger partial charge is 0.407 e. The molecule has 0 fully saturated rings. The number of fused-ring (bicyclic) bond motifs is 1. The van der Waals surface area contributed by atoms with Crippen molar-refractivity contribution >= 4 is 51.0 Å². The molecule has 3 aromatic heterocycles. The Morgan fingerprint density at radius 3 is 2.48 bits per heavy atom. The maximum Gasteiger partial charge on any atom is 0.407 e. The fourth-order valence-corrected chi connectivity index (χ4v) is 5.61. The van der Waals surface area contributed by atoms with Gasteiger partial charge in [0.1, 0.15) is 5.75 Å². The van der Waals surface area contributed by atoms with E-state index in [1.54, 1.807) is 37.5 Å². The molecule has 5 rings (SSSR count). The molecule has 0 saturated carbocycles. The first-order chi connectivity index (χ1) is 22.1. The van der Waals surface area contributed by atoms with Crippen LogP contribution >= 0.6 is 11.3 Å². The van der Waals surface area contributed by atoms with Crippen LogP contribution in [0.2, 0.25) is 0 Å². The number of thiophene rings is 1. The average molecular weight is 645 g/mol. The number of nitrogens with zero attached hydrogens (tertiary/aromatic N) is 3. The molecule has 5 N–H and O–H groups in total. The van der Waals surface area contributed by atoms with Crippen molar-refractivity contribution in [2.24, 2.45) is 5.73 Å². The molecule has 0 radical (unpaired) electrons. The Kier molecular flexibility index (Phi) is 9.69. The molecule has 46 heavy (non-hydrogen) atoms. The highest BCUT2D eigenvalue weighted by Crippen LogP contribution is 2.39. The number of nitrogens with two attached hydrogens (primary N) is 1. The topological polar surface area (TPSA) is 169 Å². The number of hydrogen-bond acceptors (Lipinski definition) is 8. The predicted octanol–water partition coefficient (Wildman–Crippen LogP) is 6.72. The van der Waals surface area contributed by atoms with Crippen LogP contribution in [0.1, 0.15) is 28.9 Å². The Bertz CT molecular complexity index is 1900. The fourth-order valence-electron chi connectivity index (χ4n) is 4.57. The number of rotatable bonds is 11. The molecule has 236 valence electrons. The van der Waals surface area contributed by atoms with Crippen LogP contribution in [-0.4, -0.2) is 58.3 Å². The SMILES string of the molecule is COCCN(C(=O)O)C(C)c1ccc(-c2cc3nccc(Oc4ccc(NC(=O)Nc5cccc(C(N)=O)c5)cc4F)c3s2)nc1. The van der Waals surface area contributed by atoms with E-state index in [2.05, 4.69) is 20.6 Å². The fraction of sp³-hybridized carbons (Fsp3) is 0.156. The van der Waals surface area contributed by atoms with Crippen molar-refractivity contribution in [1.29, 1.82) is 0 Å². The van der Waals surface area contributed by atoms with Crippen molar-refractivity contribution in [2.75, 3.05) is 30.9 Å². The molecule has 0 saturated heterocycles. The van der Waals surface area contributed by atoms with Gasteiger partial charge in [-0.2, -0.15) is 0 Å². The van der Waals surface area contributed by atoms with Gasteiger partial charge in [-0.05, 0) is 55.0 Å². The van der Waals surface area contributed by atoms with Crippen LogP contribution in [0, 0.1) is 5.82 Å². The highest BCUT2D eigenvalue weighted by atomic mass is 32.1. The molecule has 0 aliphatic rings. The van der Waals surface area contributed by atoms with E-state index in [4.69, 9.17) is 15.2 Å². The number of urea groups is 1. The van der Waals surface area contributed by atoms with Gasteiger partial charge in [-0.3, -0.25) is 19.7 Å². The number of ether oxygens (including phenoxy) is 2. The number of carbonyl (C=O) groups is 3. The van der Waals surface area contributed by atoms with Gasteiger partial charge >= 0.3 is 12.1 Å². The Labute approximate surface area is 266 Å². The third-order valence-corrected chi connectivity index (χ3v) is 8.12. The van der Waals surface area contributed by atoms with Gasteiger partial charge in [0.25, 0.3) is 0 Å². The van der Waals surface area contributed by atoms with E-state index in [0.717, 1.165) is 16.5 Å². The molecule has 0 aliphatic carbocycles. The zero-order chi connectivity index (χ0) is 32.8. The Balaban J connectivity index is 1.28. The summed E-state index contributed by atoms with van der Waals surface area (Å²) in [4.78, 5) is 46.6. The second kappa shape index (κ2) is 14.0. The minimum Gasteiger partial charge on any atom is -0.465 e. The molecule has 14 heteroatoms. The van der Waals surface area contributed by atoms with E-state index in [-0.39, 0.29) is 30.2 Å². The molecule has 2 aromatic carbocycles. The maximum atomic E-state index is 15.1. The number of hydrogen-bond donors (Lipinski definition) is 4. The van der Waals surface area contributed by atoms with Crippen LogP contribution in [0.4, 0.5) is 25.4 Å². The maximum absolute atomic E-state index is 15.1. The summed E-state index contributed by atoms with van der Waals surface area (Å²) in [5, 5.41) is 14.7. The van der Waals surface area contributed by atoms with E-state index in [0.29, 0.717) is 27.3 Å². The van der Waals surface area contributed by atoms with E-state index < -0.39 is 29.9 Å². The summed E-state index contributed by atoms with van der Waals surface area (Å²) in [5.41, 5.74) is 8.05. The lowest BCUT2D eigenvalue weighted by Crippen LogP contribution is -2.35. The molecular weight excluding hydrogens is 615 g/mol. The largest absolute Gasteiger partial charge is 0.465 e. The molecule has 5 aromatic rings. The third kappa shape index (κ3) is 7.36. The minimum absolute atomic E-state index is 0.0597. The quantitative estimate of drug-likeness (QED) is 0.123. The van der Waals surface area contributed by atoms with Gasteiger partial charge in [0.2, 0.25) is 5.91 Å². The molecule has 1 unspecified atom stereocenters. The van der Waals surface area contributed by atoms with Crippen LogP contribution in [0.3, 0.4) is 0 Å². The van der Waals surface area contributed by atoms with Crippen molar-refractivity contribution in [1.82, 2.24) is 14.9 Å². The zero-order valence-corrected chi connectivity index (χ0v) is 25.5. The lowest BCUT2D eigenvalue weighted by Gasteiger charge is -2.26. The summed E-state index contributed by atoms with van der Waals surface area (Å²) in [6.07, 6.45) is 2.15. The highest BCUT2D eigenvalue weighted by molar-refractivity contribution is 7.22. The normalized spacial score (nSPS) is 11.5.